The highest BCUT2D eigenvalue weighted by Gasteiger charge is 2.05. The Hall–Kier alpha value is -1.67. The first kappa shape index (κ1) is 12.8. The van der Waals surface area contributed by atoms with E-state index in [4.69, 9.17) is 4.74 Å². The van der Waals surface area contributed by atoms with Gasteiger partial charge in [-0.15, -0.1) is 12.6 Å². The van der Waals surface area contributed by atoms with Crippen LogP contribution in [0, 0.1) is 6.92 Å². The van der Waals surface area contributed by atoms with E-state index in [1.165, 1.54) is 0 Å². The van der Waals surface area contributed by atoms with Crippen LogP contribution in [-0.4, -0.2) is 7.11 Å². The van der Waals surface area contributed by atoms with Gasteiger partial charge in [0.25, 0.3) is 0 Å². The van der Waals surface area contributed by atoms with Gasteiger partial charge in [-0.25, -0.2) is 0 Å². The Morgan fingerprint density at radius 2 is 1.67 bits per heavy atom. The minimum atomic E-state index is 0.888. The van der Waals surface area contributed by atoms with Crippen LogP contribution in [0.2, 0.25) is 0 Å². The number of thiol groups is 1. The predicted molar refractivity (Wildman–Crippen MR) is 79.6 cm³/mol. The smallest absolute Gasteiger partial charge is 0.122 e. The molecule has 1 nitrogen and oxygen atoms in total. The molecule has 0 bridgehead atoms. The third-order valence-corrected chi connectivity index (χ3v) is 3.27. The molecule has 0 atom stereocenters. The SMILES string of the molecule is C=C(c1ccc(S)cc1)c1ccc(C)c(OC)c1. The van der Waals surface area contributed by atoms with Crippen LogP contribution in [0.25, 0.3) is 5.57 Å². The fourth-order valence-electron chi connectivity index (χ4n) is 1.84. The molecular weight excluding hydrogens is 240 g/mol. The van der Waals surface area contributed by atoms with E-state index in [-0.39, 0.29) is 0 Å². The van der Waals surface area contributed by atoms with Crippen molar-refractivity contribution in [1.82, 2.24) is 0 Å². The van der Waals surface area contributed by atoms with Gasteiger partial charge in [0.05, 0.1) is 7.11 Å². The Labute approximate surface area is 114 Å². The van der Waals surface area contributed by atoms with Crippen LogP contribution in [0.3, 0.4) is 0 Å². The third-order valence-electron chi connectivity index (χ3n) is 2.97. The molecule has 0 saturated carbocycles. The first-order valence-electron chi connectivity index (χ1n) is 5.75. The maximum Gasteiger partial charge on any atom is 0.122 e. The Morgan fingerprint density at radius 3 is 2.28 bits per heavy atom. The number of hydrogen-bond donors (Lipinski definition) is 1. The second-order valence-corrected chi connectivity index (χ2v) is 4.73. The number of methoxy groups -OCH3 is 1. The van der Waals surface area contributed by atoms with E-state index < -0.39 is 0 Å². The number of benzene rings is 2. The van der Waals surface area contributed by atoms with Gasteiger partial charge in [0.2, 0.25) is 0 Å². The van der Waals surface area contributed by atoms with Crippen molar-refractivity contribution in [2.24, 2.45) is 0 Å². The van der Waals surface area contributed by atoms with E-state index in [1.54, 1.807) is 7.11 Å². The molecule has 18 heavy (non-hydrogen) atoms. The lowest BCUT2D eigenvalue weighted by molar-refractivity contribution is 0.411. The minimum absolute atomic E-state index is 0.888. The first-order chi connectivity index (χ1) is 8.61. The van der Waals surface area contributed by atoms with E-state index in [0.717, 1.165) is 32.9 Å². The average Bonchev–Trinajstić information content (AvgIpc) is 2.39. The zero-order valence-corrected chi connectivity index (χ0v) is 11.5. The van der Waals surface area contributed by atoms with Crippen LogP contribution in [-0.2, 0) is 0 Å². The highest BCUT2D eigenvalue weighted by Crippen LogP contribution is 2.27. The van der Waals surface area contributed by atoms with Crippen molar-refractivity contribution in [3.05, 3.63) is 65.7 Å². The zero-order chi connectivity index (χ0) is 13.1. The van der Waals surface area contributed by atoms with Crippen molar-refractivity contribution in [2.75, 3.05) is 7.11 Å². The minimum Gasteiger partial charge on any atom is -0.496 e. The molecule has 2 rings (SSSR count). The second kappa shape index (κ2) is 5.32. The molecule has 92 valence electrons. The molecular formula is C16H16OS. The Balaban J connectivity index is 2.37. The van der Waals surface area contributed by atoms with E-state index in [0.29, 0.717) is 0 Å². The fourth-order valence-corrected chi connectivity index (χ4v) is 1.99. The molecule has 0 unspecified atom stereocenters. The molecule has 0 aromatic heterocycles. The van der Waals surface area contributed by atoms with Gasteiger partial charge in [0, 0.05) is 4.90 Å². The summed E-state index contributed by atoms with van der Waals surface area (Å²) in [7, 11) is 1.69. The van der Waals surface area contributed by atoms with Crippen LogP contribution in [0.4, 0.5) is 0 Å². The van der Waals surface area contributed by atoms with Crippen molar-refractivity contribution >= 4 is 18.2 Å². The lowest BCUT2D eigenvalue weighted by atomic mass is 9.98. The van der Waals surface area contributed by atoms with Crippen molar-refractivity contribution in [1.29, 1.82) is 0 Å². The highest BCUT2D eigenvalue weighted by atomic mass is 32.1. The molecule has 2 aromatic carbocycles. The summed E-state index contributed by atoms with van der Waals surface area (Å²) in [4.78, 5) is 0.952. The summed E-state index contributed by atoms with van der Waals surface area (Å²) in [5.74, 6) is 0.888. The van der Waals surface area contributed by atoms with E-state index in [1.807, 2.05) is 43.3 Å². The normalized spacial score (nSPS) is 10.2. The molecule has 0 saturated heterocycles. The Morgan fingerprint density at radius 1 is 1.06 bits per heavy atom. The monoisotopic (exact) mass is 256 g/mol. The van der Waals surface area contributed by atoms with Crippen LogP contribution >= 0.6 is 12.6 Å². The maximum atomic E-state index is 5.34. The van der Waals surface area contributed by atoms with E-state index in [9.17, 15) is 0 Å². The lowest BCUT2D eigenvalue weighted by Crippen LogP contribution is -1.91. The van der Waals surface area contributed by atoms with Crippen LogP contribution < -0.4 is 4.74 Å². The van der Waals surface area contributed by atoms with Crippen LogP contribution in [0.15, 0.2) is 53.9 Å². The highest BCUT2D eigenvalue weighted by molar-refractivity contribution is 7.80. The Kier molecular flexibility index (Phi) is 3.78. The summed E-state index contributed by atoms with van der Waals surface area (Å²) in [5.41, 5.74) is 4.28. The molecule has 0 aliphatic heterocycles. The van der Waals surface area contributed by atoms with Gasteiger partial charge >= 0.3 is 0 Å². The number of aryl methyl sites for hydroxylation is 1. The summed E-state index contributed by atoms with van der Waals surface area (Å²) >= 11 is 4.28. The fraction of sp³-hybridized carbons (Fsp3) is 0.125. The number of rotatable bonds is 3. The van der Waals surface area contributed by atoms with Gasteiger partial charge in [-0.3, -0.25) is 0 Å². The molecule has 0 aliphatic carbocycles. The van der Waals surface area contributed by atoms with Crippen molar-refractivity contribution < 1.29 is 4.74 Å². The first-order valence-corrected chi connectivity index (χ1v) is 6.20. The predicted octanol–water partition coefficient (Wildman–Crippen LogP) is 4.35. The molecule has 0 aliphatic rings. The zero-order valence-electron chi connectivity index (χ0n) is 10.6. The molecule has 2 aromatic rings. The van der Waals surface area contributed by atoms with Crippen molar-refractivity contribution in [3.8, 4) is 5.75 Å². The number of hydrogen-bond acceptors (Lipinski definition) is 2. The van der Waals surface area contributed by atoms with Gasteiger partial charge < -0.3 is 4.74 Å². The van der Waals surface area contributed by atoms with Crippen molar-refractivity contribution in [2.45, 2.75) is 11.8 Å². The maximum absolute atomic E-state index is 5.34. The summed E-state index contributed by atoms with van der Waals surface area (Å²) in [6, 6.07) is 14.1. The summed E-state index contributed by atoms with van der Waals surface area (Å²) in [6.07, 6.45) is 0. The van der Waals surface area contributed by atoms with Crippen molar-refractivity contribution in [3.63, 3.8) is 0 Å². The molecule has 0 spiro atoms. The van der Waals surface area contributed by atoms with Gasteiger partial charge in [0.15, 0.2) is 0 Å². The topological polar surface area (TPSA) is 9.23 Å². The molecule has 0 radical (unpaired) electrons. The second-order valence-electron chi connectivity index (χ2n) is 4.21. The van der Waals surface area contributed by atoms with Crippen LogP contribution in [0.1, 0.15) is 16.7 Å². The molecule has 0 N–H and O–H groups in total. The summed E-state index contributed by atoms with van der Waals surface area (Å²) in [6.45, 7) is 6.18. The van der Waals surface area contributed by atoms with E-state index >= 15 is 0 Å². The lowest BCUT2D eigenvalue weighted by Gasteiger charge is -2.10. The Bertz CT molecular complexity index is 570. The van der Waals surface area contributed by atoms with Gasteiger partial charge in [-0.2, -0.15) is 0 Å². The van der Waals surface area contributed by atoms with Gasteiger partial charge in [0.1, 0.15) is 5.75 Å². The number of ether oxygens (including phenoxy) is 1. The largest absolute Gasteiger partial charge is 0.496 e. The third kappa shape index (κ3) is 2.59. The standard InChI is InChI=1S/C16H16OS/c1-11-4-5-14(10-16(11)17-3)12(2)13-6-8-15(18)9-7-13/h4-10,18H,2H2,1,3H3. The molecule has 0 amide bonds. The van der Waals surface area contributed by atoms with Crippen LogP contribution in [0.5, 0.6) is 5.75 Å². The molecule has 0 heterocycles. The quantitative estimate of drug-likeness (QED) is 0.803. The summed E-state index contributed by atoms with van der Waals surface area (Å²) in [5, 5.41) is 0. The van der Waals surface area contributed by atoms with E-state index in [2.05, 4.69) is 25.3 Å². The van der Waals surface area contributed by atoms with Gasteiger partial charge in [-0.05, 0) is 47.4 Å². The molecule has 0 fully saturated rings. The molecule has 2 heteroatoms. The summed E-state index contributed by atoms with van der Waals surface area (Å²) < 4.78 is 5.34. The van der Waals surface area contributed by atoms with Gasteiger partial charge in [-0.1, -0.05) is 30.8 Å². The average molecular weight is 256 g/mol.